The van der Waals surface area contributed by atoms with Crippen molar-refractivity contribution in [3.63, 3.8) is 0 Å². The van der Waals surface area contributed by atoms with E-state index in [0.717, 1.165) is 28.2 Å². The van der Waals surface area contributed by atoms with Crippen molar-refractivity contribution in [3.05, 3.63) is 85.7 Å². The van der Waals surface area contributed by atoms with Gasteiger partial charge in [0.25, 0.3) is 5.69 Å². The Morgan fingerprint density at radius 2 is 1.93 bits per heavy atom. The van der Waals surface area contributed by atoms with Gasteiger partial charge in [-0.1, -0.05) is 35.9 Å². The number of halogens is 1. The molecule has 8 heteroatoms. The number of amides is 1. The third-order valence-electron chi connectivity index (χ3n) is 4.84. The van der Waals surface area contributed by atoms with E-state index in [1.165, 1.54) is 6.07 Å². The van der Waals surface area contributed by atoms with E-state index in [2.05, 4.69) is 10.4 Å². The standard InChI is InChI=1S/C21H21ClN4O3/c1-13-8-9-17(10-19(13)22)25-15(3)18(14(2)24-25)11-21(27)23-12-16-6-4-5-7-20(16)26(28)29/h4-10H,11-12H2,1-3H3,(H,23,27). The van der Waals surface area contributed by atoms with Crippen LogP contribution in [-0.4, -0.2) is 20.6 Å². The highest BCUT2D eigenvalue weighted by Gasteiger charge is 2.18. The summed E-state index contributed by atoms with van der Waals surface area (Å²) in [6, 6.07) is 12.1. The lowest BCUT2D eigenvalue weighted by atomic mass is 10.1. The van der Waals surface area contributed by atoms with E-state index in [1.807, 2.05) is 39.0 Å². The van der Waals surface area contributed by atoms with Gasteiger partial charge in [-0.3, -0.25) is 14.9 Å². The number of carbonyl (C=O) groups excluding carboxylic acids is 1. The molecule has 0 atom stereocenters. The molecule has 0 aliphatic carbocycles. The van der Waals surface area contributed by atoms with Crippen molar-refractivity contribution in [3.8, 4) is 5.69 Å². The highest BCUT2D eigenvalue weighted by molar-refractivity contribution is 6.31. The van der Waals surface area contributed by atoms with Crippen molar-refractivity contribution in [1.29, 1.82) is 0 Å². The van der Waals surface area contributed by atoms with Gasteiger partial charge in [0, 0.05) is 34.5 Å². The Morgan fingerprint density at radius 3 is 2.62 bits per heavy atom. The first-order valence-corrected chi connectivity index (χ1v) is 9.46. The number of hydrogen-bond acceptors (Lipinski definition) is 4. The van der Waals surface area contributed by atoms with Crippen molar-refractivity contribution < 1.29 is 9.72 Å². The van der Waals surface area contributed by atoms with Gasteiger partial charge in [-0.05, 0) is 38.5 Å². The zero-order chi connectivity index (χ0) is 21.1. The SMILES string of the molecule is Cc1ccc(-n2nc(C)c(CC(=O)NCc3ccccc3[N+](=O)[O-])c2C)cc1Cl. The Labute approximate surface area is 173 Å². The largest absolute Gasteiger partial charge is 0.351 e. The van der Waals surface area contributed by atoms with Crippen LogP contribution in [0.4, 0.5) is 5.69 Å². The van der Waals surface area contributed by atoms with Crippen LogP contribution in [0.5, 0.6) is 0 Å². The van der Waals surface area contributed by atoms with Crippen LogP contribution < -0.4 is 5.32 Å². The average Bonchev–Trinajstić information content (AvgIpc) is 2.97. The maximum Gasteiger partial charge on any atom is 0.274 e. The third kappa shape index (κ3) is 4.46. The number of nitro groups is 1. The summed E-state index contributed by atoms with van der Waals surface area (Å²) in [6.07, 6.45) is 0.137. The number of nitrogens with zero attached hydrogens (tertiary/aromatic N) is 3. The fourth-order valence-electron chi connectivity index (χ4n) is 3.15. The molecule has 0 radical (unpaired) electrons. The molecule has 0 bridgehead atoms. The number of benzene rings is 2. The molecule has 0 saturated carbocycles. The Bertz CT molecular complexity index is 1090. The molecule has 150 valence electrons. The van der Waals surface area contributed by atoms with Crippen LogP contribution in [0, 0.1) is 30.9 Å². The van der Waals surface area contributed by atoms with Crippen molar-refractivity contribution >= 4 is 23.2 Å². The predicted octanol–water partition coefficient (Wildman–Crippen LogP) is 4.22. The summed E-state index contributed by atoms with van der Waals surface area (Å²) in [5, 5.41) is 19.1. The molecule has 0 saturated heterocycles. The predicted molar refractivity (Wildman–Crippen MR) is 111 cm³/mol. The second-order valence-electron chi connectivity index (χ2n) is 6.83. The summed E-state index contributed by atoms with van der Waals surface area (Å²) in [5.41, 5.74) is 4.68. The average molecular weight is 413 g/mol. The molecule has 1 aromatic heterocycles. The molecule has 2 aromatic carbocycles. The fourth-order valence-corrected chi connectivity index (χ4v) is 3.33. The minimum absolute atomic E-state index is 0.00997. The van der Waals surface area contributed by atoms with Gasteiger partial charge in [-0.2, -0.15) is 5.10 Å². The lowest BCUT2D eigenvalue weighted by Gasteiger charge is -2.08. The number of aryl methyl sites for hydroxylation is 2. The lowest BCUT2D eigenvalue weighted by Crippen LogP contribution is -2.25. The van der Waals surface area contributed by atoms with E-state index in [0.29, 0.717) is 10.6 Å². The minimum Gasteiger partial charge on any atom is -0.351 e. The van der Waals surface area contributed by atoms with Crippen molar-refractivity contribution in [1.82, 2.24) is 15.1 Å². The molecule has 0 spiro atoms. The molecule has 1 amide bonds. The van der Waals surface area contributed by atoms with Crippen LogP contribution in [0.3, 0.4) is 0 Å². The van der Waals surface area contributed by atoms with E-state index < -0.39 is 4.92 Å². The van der Waals surface area contributed by atoms with Crippen molar-refractivity contribution in [2.24, 2.45) is 0 Å². The summed E-state index contributed by atoms with van der Waals surface area (Å²) in [5.74, 6) is -0.226. The molecule has 0 aliphatic rings. The number of nitrogens with one attached hydrogen (secondary N) is 1. The van der Waals surface area contributed by atoms with Crippen molar-refractivity contribution in [2.45, 2.75) is 33.7 Å². The zero-order valence-electron chi connectivity index (χ0n) is 16.4. The van der Waals surface area contributed by atoms with Gasteiger partial charge in [-0.25, -0.2) is 4.68 Å². The van der Waals surface area contributed by atoms with Crippen LogP contribution in [0.15, 0.2) is 42.5 Å². The van der Waals surface area contributed by atoms with E-state index in [9.17, 15) is 14.9 Å². The Morgan fingerprint density at radius 1 is 1.21 bits per heavy atom. The molecule has 0 aliphatic heterocycles. The van der Waals surface area contributed by atoms with E-state index in [-0.39, 0.29) is 24.6 Å². The number of hydrogen-bond donors (Lipinski definition) is 1. The maximum absolute atomic E-state index is 12.5. The molecule has 29 heavy (non-hydrogen) atoms. The summed E-state index contributed by atoms with van der Waals surface area (Å²) in [6.45, 7) is 5.78. The molecular formula is C21H21ClN4O3. The molecular weight excluding hydrogens is 392 g/mol. The summed E-state index contributed by atoms with van der Waals surface area (Å²) in [7, 11) is 0. The molecule has 0 unspecified atom stereocenters. The molecule has 3 rings (SSSR count). The summed E-state index contributed by atoms with van der Waals surface area (Å²) >= 11 is 6.23. The monoisotopic (exact) mass is 412 g/mol. The van der Waals surface area contributed by atoms with E-state index in [1.54, 1.807) is 22.9 Å². The Kier molecular flexibility index (Phi) is 5.98. The number of nitro benzene ring substituents is 1. The topological polar surface area (TPSA) is 90.1 Å². The van der Waals surface area contributed by atoms with Gasteiger partial charge in [-0.15, -0.1) is 0 Å². The highest BCUT2D eigenvalue weighted by Crippen LogP contribution is 2.23. The van der Waals surface area contributed by atoms with Crippen LogP contribution >= 0.6 is 11.6 Å². The second-order valence-corrected chi connectivity index (χ2v) is 7.24. The highest BCUT2D eigenvalue weighted by atomic mass is 35.5. The molecule has 3 aromatic rings. The first-order valence-electron chi connectivity index (χ1n) is 9.08. The molecule has 1 N–H and O–H groups in total. The lowest BCUT2D eigenvalue weighted by molar-refractivity contribution is -0.385. The van der Waals surface area contributed by atoms with Crippen LogP contribution in [-0.2, 0) is 17.8 Å². The molecule has 7 nitrogen and oxygen atoms in total. The quantitative estimate of drug-likeness (QED) is 0.484. The smallest absolute Gasteiger partial charge is 0.274 e. The summed E-state index contributed by atoms with van der Waals surface area (Å²) < 4.78 is 1.77. The number of para-hydroxylation sites is 1. The third-order valence-corrected chi connectivity index (χ3v) is 5.25. The van der Waals surface area contributed by atoms with E-state index >= 15 is 0 Å². The normalized spacial score (nSPS) is 10.8. The minimum atomic E-state index is -0.452. The van der Waals surface area contributed by atoms with Gasteiger partial charge >= 0.3 is 0 Å². The van der Waals surface area contributed by atoms with Crippen LogP contribution in [0.2, 0.25) is 5.02 Å². The number of carbonyl (C=O) groups is 1. The number of aromatic nitrogens is 2. The van der Waals surface area contributed by atoms with Crippen molar-refractivity contribution in [2.75, 3.05) is 0 Å². The molecule has 1 heterocycles. The number of rotatable bonds is 6. The van der Waals surface area contributed by atoms with Crippen LogP contribution in [0.1, 0.15) is 28.1 Å². The first-order chi connectivity index (χ1) is 13.8. The maximum atomic E-state index is 12.5. The van der Waals surface area contributed by atoms with Gasteiger partial charge < -0.3 is 5.32 Å². The Balaban J connectivity index is 1.75. The van der Waals surface area contributed by atoms with Gasteiger partial charge in [0.15, 0.2) is 0 Å². The summed E-state index contributed by atoms with van der Waals surface area (Å²) in [4.78, 5) is 23.1. The van der Waals surface area contributed by atoms with E-state index in [4.69, 9.17) is 11.6 Å². The van der Waals surface area contributed by atoms with Gasteiger partial charge in [0.05, 0.1) is 22.7 Å². The first kappa shape index (κ1) is 20.5. The second kappa shape index (κ2) is 8.45. The zero-order valence-corrected chi connectivity index (χ0v) is 17.2. The fraction of sp³-hybridized carbons (Fsp3) is 0.238. The Hall–Kier alpha value is -3.19. The van der Waals surface area contributed by atoms with Gasteiger partial charge in [0.1, 0.15) is 0 Å². The molecule has 0 fully saturated rings. The van der Waals surface area contributed by atoms with Crippen LogP contribution in [0.25, 0.3) is 5.69 Å². The van der Waals surface area contributed by atoms with Gasteiger partial charge in [0.2, 0.25) is 5.91 Å².